The van der Waals surface area contributed by atoms with E-state index in [0.29, 0.717) is 29.8 Å². The summed E-state index contributed by atoms with van der Waals surface area (Å²) in [6.07, 6.45) is 4.71. The zero-order valence-corrected chi connectivity index (χ0v) is 20.9. The molecule has 10 nitrogen and oxygen atoms in total. The van der Waals surface area contributed by atoms with Gasteiger partial charge >= 0.3 is 0 Å². The van der Waals surface area contributed by atoms with E-state index in [9.17, 15) is 9.59 Å². The zero-order valence-electron chi connectivity index (χ0n) is 20.1. The number of hydrogen-bond donors (Lipinski definition) is 4. The van der Waals surface area contributed by atoms with Crippen LogP contribution in [-0.2, 0) is 4.79 Å². The Labute approximate surface area is 210 Å². The van der Waals surface area contributed by atoms with Gasteiger partial charge in [0.2, 0.25) is 11.9 Å². The second-order valence-electron chi connectivity index (χ2n) is 8.90. The molecule has 6 heterocycles. The largest absolute Gasteiger partial charge is 0.370 e. The highest BCUT2D eigenvalue weighted by atomic mass is 32.2. The van der Waals surface area contributed by atoms with Crippen molar-refractivity contribution in [1.82, 2.24) is 19.6 Å². The number of carbonyl (C=O) groups is 2. The third kappa shape index (κ3) is 7.22. The summed E-state index contributed by atoms with van der Waals surface area (Å²) in [6.45, 7) is 6.64. The summed E-state index contributed by atoms with van der Waals surface area (Å²) < 4.78 is 2.46. The van der Waals surface area contributed by atoms with Crippen molar-refractivity contribution in [2.45, 2.75) is 26.2 Å². The molecule has 0 aliphatic carbocycles. The van der Waals surface area contributed by atoms with Gasteiger partial charge in [0.25, 0.3) is 5.91 Å². The molecule has 0 atom stereocenters. The number of nitrogens with zero attached hydrogens (tertiary/aromatic N) is 4. The Kier molecular flexibility index (Phi) is 8.64. The van der Waals surface area contributed by atoms with Crippen molar-refractivity contribution in [3.63, 3.8) is 0 Å². The van der Waals surface area contributed by atoms with E-state index in [1.807, 2.05) is 24.1 Å². The normalized spacial score (nSPS) is 20.7. The molecule has 5 aliphatic heterocycles. The van der Waals surface area contributed by atoms with Gasteiger partial charge in [-0.05, 0) is 49.4 Å². The fraction of sp³-hybridized carbons (Fsp3) is 0.500. The van der Waals surface area contributed by atoms with Crippen molar-refractivity contribution in [1.29, 1.82) is 0 Å². The van der Waals surface area contributed by atoms with Gasteiger partial charge in [-0.2, -0.15) is 4.98 Å². The quantitative estimate of drug-likeness (QED) is 0.470. The van der Waals surface area contributed by atoms with Gasteiger partial charge in [-0.3, -0.25) is 13.9 Å². The molecule has 188 valence electrons. The summed E-state index contributed by atoms with van der Waals surface area (Å²) in [5.74, 6) is 1.87. The van der Waals surface area contributed by atoms with Crippen molar-refractivity contribution in [3.8, 4) is 0 Å². The summed E-state index contributed by atoms with van der Waals surface area (Å²) in [5, 5.41) is 9.47. The molecule has 6 bridgehead atoms. The number of aromatic nitrogens is 2. The predicted octanol–water partition coefficient (Wildman–Crippen LogP) is 2.44. The Bertz CT molecular complexity index is 1010. The second kappa shape index (κ2) is 12.1. The van der Waals surface area contributed by atoms with Crippen molar-refractivity contribution in [2.75, 3.05) is 60.6 Å². The number of nitrogens with two attached hydrogens (primary N) is 1. The minimum Gasteiger partial charge on any atom is -0.370 e. The van der Waals surface area contributed by atoms with Gasteiger partial charge in [0, 0.05) is 69.5 Å². The number of benzene rings is 1. The Morgan fingerprint density at radius 2 is 1.97 bits per heavy atom. The summed E-state index contributed by atoms with van der Waals surface area (Å²) in [6, 6.07) is 8.07. The first kappa shape index (κ1) is 25.1. The SMILES string of the molecule is CC(=O)NCCN1CCCSN2CCC(CC2)CNc2nc(ncc2C(N)=O)Nc2ccc1cc2. The first-order chi connectivity index (χ1) is 17.0. The number of rotatable bonds is 4. The van der Waals surface area contributed by atoms with E-state index < -0.39 is 5.91 Å². The fourth-order valence-electron chi connectivity index (χ4n) is 4.31. The topological polar surface area (TPSA) is 129 Å². The van der Waals surface area contributed by atoms with E-state index in [1.165, 1.54) is 6.20 Å². The van der Waals surface area contributed by atoms with Crippen LogP contribution in [0, 0.1) is 5.92 Å². The second-order valence-corrected chi connectivity index (χ2v) is 10.1. The number of piperidine rings is 1. The van der Waals surface area contributed by atoms with E-state index in [0.717, 1.165) is 69.1 Å². The van der Waals surface area contributed by atoms with Gasteiger partial charge in [0.1, 0.15) is 5.82 Å². The average molecular weight is 499 g/mol. The smallest absolute Gasteiger partial charge is 0.254 e. The molecule has 2 aromatic rings. The average Bonchev–Trinajstić information content (AvgIpc) is 2.85. The number of nitrogens with one attached hydrogen (secondary N) is 3. The Hall–Kier alpha value is -3.05. The highest BCUT2D eigenvalue weighted by Gasteiger charge is 2.21. The third-order valence-corrected chi connectivity index (χ3v) is 7.48. The zero-order chi connectivity index (χ0) is 24.6. The van der Waals surface area contributed by atoms with E-state index in [2.05, 4.69) is 47.3 Å². The van der Waals surface area contributed by atoms with Gasteiger partial charge in [-0.15, -0.1) is 0 Å². The van der Waals surface area contributed by atoms with Crippen LogP contribution in [0.1, 0.15) is 36.5 Å². The molecule has 0 radical (unpaired) electrons. The Morgan fingerprint density at radius 1 is 1.20 bits per heavy atom. The Balaban J connectivity index is 1.56. The van der Waals surface area contributed by atoms with Crippen molar-refractivity contribution in [3.05, 3.63) is 36.0 Å². The van der Waals surface area contributed by atoms with Crippen LogP contribution in [0.25, 0.3) is 0 Å². The summed E-state index contributed by atoms with van der Waals surface area (Å²) in [7, 11) is 0. The number of anilines is 4. The van der Waals surface area contributed by atoms with Crippen molar-refractivity contribution < 1.29 is 9.59 Å². The van der Waals surface area contributed by atoms with Gasteiger partial charge in [-0.25, -0.2) is 4.98 Å². The molecule has 35 heavy (non-hydrogen) atoms. The van der Waals surface area contributed by atoms with E-state index >= 15 is 0 Å². The summed E-state index contributed by atoms with van der Waals surface area (Å²) >= 11 is 1.92. The van der Waals surface area contributed by atoms with Crippen LogP contribution >= 0.6 is 11.9 Å². The van der Waals surface area contributed by atoms with E-state index in [4.69, 9.17) is 5.73 Å². The lowest BCUT2D eigenvalue weighted by molar-refractivity contribution is -0.118. The molecule has 1 fully saturated rings. The number of primary amides is 1. The maximum atomic E-state index is 11.9. The number of carbonyl (C=O) groups excluding carboxylic acids is 2. The Morgan fingerprint density at radius 3 is 2.69 bits per heavy atom. The molecule has 1 aromatic heterocycles. The molecule has 0 unspecified atom stereocenters. The highest BCUT2D eigenvalue weighted by molar-refractivity contribution is 7.97. The standard InChI is InChI=1S/C24H34N8O2S/c1-17(33)26-9-13-31-10-2-14-35-32-11-7-18(8-12-32)15-27-23-21(22(25)34)16-28-24(30-23)29-19-3-5-20(31)6-4-19/h3-6,16,18H,2,7-15H2,1H3,(H2,25,34)(H,26,33)(H2,27,28,29,30). The molecular weight excluding hydrogens is 464 g/mol. The molecule has 2 amide bonds. The maximum absolute atomic E-state index is 11.9. The van der Waals surface area contributed by atoms with Crippen LogP contribution in [0.2, 0.25) is 0 Å². The summed E-state index contributed by atoms with van der Waals surface area (Å²) in [4.78, 5) is 34.4. The number of hydrogen-bond acceptors (Lipinski definition) is 9. The molecule has 7 rings (SSSR count). The van der Waals surface area contributed by atoms with Crippen LogP contribution in [0.3, 0.4) is 0 Å². The molecular formula is C24H34N8O2S. The molecule has 1 saturated heterocycles. The van der Waals surface area contributed by atoms with Crippen molar-refractivity contribution >= 4 is 46.9 Å². The third-order valence-electron chi connectivity index (χ3n) is 6.28. The minimum absolute atomic E-state index is 0.0166. The lowest BCUT2D eigenvalue weighted by atomic mass is 9.98. The molecule has 5 N–H and O–H groups in total. The molecule has 0 spiro atoms. The molecule has 1 aromatic carbocycles. The van der Waals surface area contributed by atoms with E-state index in [1.54, 1.807) is 6.92 Å². The maximum Gasteiger partial charge on any atom is 0.254 e. The van der Waals surface area contributed by atoms with Crippen LogP contribution in [0.5, 0.6) is 0 Å². The highest BCUT2D eigenvalue weighted by Crippen LogP contribution is 2.26. The van der Waals surface area contributed by atoms with Gasteiger partial charge in [-0.1, -0.05) is 11.9 Å². The molecule has 5 aliphatic rings. The predicted molar refractivity (Wildman–Crippen MR) is 141 cm³/mol. The van der Waals surface area contributed by atoms with Crippen LogP contribution in [0.4, 0.5) is 23.1 Å². The van der Waals surface area contributed by atoms with Gasteiger partial charge < -0.3 is 26.6 Å². The fourth-order valence-corrected chi connectivity index (χ4v) is 5.30. The van der Waals surface area contributed by atoms with Crippen LogP contribution in [0.15, 0.2) is 30.5 Å². The monoisotopic (exact) mass is 498 g/mol. The van der Waals surface area contributed by atoms with Gasteiger partial charge in [0.05, 0.1) is 5.56 Å². The lowest BCUT2D eigenvalue weighted by Gasteiger charge is -2.31. The van der Waals surface area contributed by atoms with Crippen molar-refractivity contribution in [2.24, 2.45) is 11.7 Å². The lowest BCUT2D eigenvalue weighted by Crippen LogP contribution is -2.35. The summed E-state index contributed by atoms with van der Waals surface area (Å²) in [5.41, 5.74) is 7.79. The first-order valence-corrected chi connectivity index (χ1v) is 13.1. The van der Waals surface area contributed by atoms with Crippen LogP contribution in [-0.4, -0.2) is 71.1 Å². The molecule has 0 saturated carbocycles. The van der Waals surface area contributed by atoms with E-state index in [-0.39, 0.29) is 5.91 Å². The minimum atomic E-state index is -0.549. The van der Waals surface area contributed by atoms with Gasteiger partial charge in [0.15, 0.2) is 0 Å². The van der Waals surface area contributed by atoms with Crippen LogP contribution < -0.4 is 26.6 Å². The molecule has 11 heteroatoms. The first-order valence-electron chi connectivity index (χ1n) is 12.1. The number of amides is 2.